The Morgan fingerprint density at radius 1 is 1.27 bits per heavy atom. The molecular weight excluding hydrogens is 277 g/mol. The number of rotatable bonds is 3. The first-order chi connectivity index (χ1) is 10.6. The van der Waals surface area contributed by atoms with Crippen LogP contribution in [0.5, 0.6) is 0 Å². The summed E-state index contributed by atoms with van der Waals surface area (Å²) < 4.78 is 13.6. The number of nitrogens with zero attached hydrogens (tertiary/aromatic N) is 1. The molecule has 1 aromatic carbocycles. The molecule has 1 heterocycles. The molecular formula is C19H22FNO. The molecule has 2 aromatic rings. The van der Waals surface area contributed by atoms with Crippen molar-refractivity contribution < 1.29 is 9.50 Å². The Kier molecular flexibility index (Phi) is 4.14. The Labute approximate surface area is 130 Å². The minimum absolute atomic E-state index is 0.160. The summed E-state index contributed by atoms with van der Waals surface area (Å²) in [6.45, 7) is 5.71. The van der Waals surface area contributed by atoms with E-state index < -0.39 is 0 Å². The van der Waals surface area contributed by atoms with E-state index in [-0.39, 0.29) is 11.7 Å². The van der Waals surface area contributed by atoms with Crippen LogP contribution in [0, 0.1) is 17.7 Å². The van der Waals surface area contributed by atoms with Gasteiger partial charge in [0.2, 0.25) is 0 Å². The van der Waals surface area contributed by atoms with Crippen LogP contribution in [0.15, 0.2) is 42.8 Å². The lowest BCUT2D eigenvalue weighted by Crippen LogP contribution is -2.20. The lowest BCUT2D eigenvalue weighted by Gasteiger charge is -2.32. The van der Waals surface area contributed by atoms with Crippen LogP contribution in [0.25, 0.3) is 10.9 Å². The fraction of sp³-hybridized carbons (Fsp3) is 0.421. The summed E-state index contributed by atoms with van der Waals surface area (Å²) in [6.07, 6.45) is 6.10. The van der Waals surface area contributed by atoms with Crippen molar-refractivity contribution >= 4 is 10.9 Å². The van der Waals surface area contributed by atoms with Crippen molar-refractivity contribution in [2.24, 2.45) is 11.8 Å². The van der Waals surface area contributed by atoms with Crippen LogP contribution in [-0.4, -0.2) is 10.1 Å². The van der Waals surface area contributed by atoms with E-state index in [9.17, 15) is 9.50 Å². The van der Waals surface area contributed by atoms with E-state index in [1.54, 1.807) is 12.1 Å². The van der Waals surface area contributed by atoms with Crippen LogP contribution in [-0.2, 0) is 0 Å². The molecule has 0 amide bonds. The maximum Gasteiger partial charge on any atom is 0.123 e. The van der Waals surface area contributed by atoms with Crippen LogP contribution < -0.4 is 0 Å². The third-order valence-electron chi connectivity index (χ3n) is 5.18. The summed E-state index contributed by atoms with van der Waals surface area (Å²) in [6, 6.07) is 6.84. The number of hydrogen-bond acceptors (Lipinski definition) is 2. The molecule has 1 N–H and O–H groups in total. The summed E-state index contributed by atoms with van der Waals surface area (Å²) in [4.78, 5) is 4.33. The number of pyridine rings is 1. The van der Waals surface area contributed by atoms with Gasteiger partial charge < -0.3 is 5.11 Å². The SMILES string of the molecule is C=C(O)[C@H](C)[C@H]1CC[C@@H](c2ccnc3ccc(F)cc32)CC1. The lowest BCUT2D eigenvalue weighted by atomic mass is 9.73. The topological polar surface area (TPSA) is 33.1 Å². The smallest absolute Gasteiger partial charge is 0.123 e. The molecule has 1 saturated carbocycles. The van der Waals surface area contributed by atoms with Crippen molar-refractivity contribution in [1.29, 1.82) is 0 Å². The molecule has 0 spiro atoms. The Balaban J connectivity index is 1.82. The normalized spacial score (nSPS) is 23.4. The van der Waals surface area contributed by atoms with E-state index in [1.165, 1.54) is 11.6 Å². The second kappa shape index (κ2) is 6.07. The molecule has 0 unspecified atom stereocenters. The number of aliphatic hydroxyl groups excluding tert-OH is 1. The molecule has 3 rings (SSSR count). The van der Waals surface area contributed by atoms with Gasteiger partial charge in [0.15, 0.2) is 0 Å². The first-order valence-corrected chi connectivity index (χ1v) is 7.98. The van der Waals surface area contributed by atoms with Crippen molar-refractivity contribution in [1.82, 2.24) is 4.98 Å². The minimum atomic E-state index is -0.208. The van der Waals surface area contributed by atoms with Crippen LogP contribution in [0.2, 0.25) is 0 Å². The average Bonchev–Trinajstić information content (AvgIpc) is 2.53. The number of halogens is 1. The largest absolute Gasteiger partial charge is 0.513 e. The molecule has 1 aliphatic carbocycles. The van der Waals surface area contributed by atoms with Crippen LogP contribution in [0.1, 0.15) is 44.1 Å². The van der Waals surface area contributed by atoms with Crippen LogP contribution in [0.4, 0.5) is 4.39 Å². The average molecular weight is 299 g/mol. The van der Waals surface area contributed by atoms with Crippen LogP contribution >= 0.6 is 0 Å². The highest BCUT2D eigenvalue weighted by molar-refractivity contribution is 5.82. The molecule has 0 radical (unpaired) electrons. The maximum absolute atomic E-state index is 13.6. The Bertz CT molecular complexity index is 689. The predicted molar refractivity (Wildman–Crippen MR) is 87.3 cm³/mol. The van der Waals surface area contributed by atoms with E-state index in [1.807, 2.05) is 19.2 Å². The summed E-state index contributed by atoms with van der Waals surface area (Å²) in [5.41, 5.74) is 2.07. The summed E-state index contributed by atoms with van der Waals surface area (Å²) in [7, 11) is 0. The number of benzene rings is 1. The molecule has 1 fully saturated rings. The Hall–Kier alpha value is -1.90. The van der Waals surface area contributed by atoms with Gasteiger partial charge in [0.05, 0.1) is 11.3 Å². The van der Waals surface area contributed by atoms with Gasteiger partial charge in [-0.25, -0.2) is 4.39 Å². The zero-order valence-electron chi connectivity index (χ0n) is 12.9. The Morgan fingerprint density at radius 3 is 2.68 bits per heavy atom. The Morgan fingerprint density at radius 2 is 2.00 bits per heavy atom. The third-order valence-corrected chi connectivity index (χ3v) is 5.18. The highest BCUT2D eigenvalue weighted by atomic mass is 19.1. The first-order valence-electron chi connectivity index (χ1n) is 7.98. The molecule has 0 bridgehead atoms. The monoisotopic (exact) mass is 299 g/mol. The second-order valence-electron chi connectivity index (χ2n) is 6.45. The van der Waals surface area contributed by atoms with Crippen molar-refractivity contribution in [3.8, 4) is 0 Å². The molecule has 116 valence electrons. The van der Waals surface area contributed by atoms with Crippen molar-refractivity contribution in [2.45, 2.75) is 38.5 Å². The van der Waals surface area contributed by atoms with Crippen molar-refractivity contribution in [2.75, 3.05) is 0 Å². The number of allylic oxidation sites excluding steroid dienone is 1. The molecule has 0 aliphatic heterocycles. The van der Waals surface area contributed by atoms with Gasteiger partial charge in [-0.2, -0.15) is 0 Å². The van der Waals surface area contributed by atoms with Gasteiger partial charge in [0.1, 0.15) is 5.82 Å². The summed E-state index contributed by atoms with van der Waals surface area (Å²) in [5.74, 6) is 1.19. The number of aliphatic hydroxyl groups is 1. The van der Waals surface area contributed by atoms with E-state index in [4.69, 9.17) is 0 Å². The van der Waals surface area contributed by atoms with E-state index in [0.29, 0.717) is 17.6 Å². The first kappa shape index (κ1) is 15.0. The second-order valence-corrected chi connectivity index (χ2v) is 6.45. The predicted octanol–water partition coefficient (Wildman–Crippen LogP) is 5.36. The van der Waals surface area contributed by atoms with E-state index in [2.05, 4.69) is 11.6 Å². The van der Waals surface area contributed by atoms with Gasteiger partial charge in [-0.1, -0.05) is 13.5 Å². The third kappa shape index (κ3) is 2.85. The fourth-order valence-electron chi connectivity index (χ4n) is 3.70. The number of fused-ring (bicyclic) bond motifs is 1. The molecule has 0 saturated heterocycles. The van der Waals surface area contributed by atoms with Crippen LogP contribution in [0.3, 0.4) is 0 Å². The molecule has 22 heavy (non-hydrogen) atoms. The van der Waals surface area contributed by atoms with E-state index >= 15 is 0 Å². The summed E-state index contributed by atoms with van der Waals surface area (Å²) >= 11 is 0. The van der Waals surface area contributed by atoms with E-state index in [0.717, 1.165) is 36.6 Å². The maximum atomic E-state index is 13.6. The number of hydrogen-bond donors (Lipinski definition) is 1. The lowest BCUT2D eigenvalue weighted by molar-refractivity contribution is 0.217. The number of aromatic nitrogens is 1. The van der Waals surface area contributed by atoms with Gasteiger partial charge in [0, 0.05) is 17.5 Å². The van der Waals surface area contributed by atoms with Gasteiger partial charge in [-0.15, -0.1) is 0 Å². The summed E-state index contributed by atoms with van der Waals surface area (Å²) in [5, 5.41) is 10.5. The highest BCUT2D eigenvalue weighted by Gasteiger charge is 2.28. The minimum Gasteiger partial charge on any atom is -0.513 e. The van der Waals surface area contributed by atoms with Crippen molar-refractivity contribution in [3.63, 3.8) is 0 Å². The molecule has 3 heteroatoms. The van der Waals surface area contributed by atoms with Crippen molar-refractivity contribution in [3.05, 3.63) is 54.2 Å². The van der Waals surface area contributed by atoms with Gasteiger partial charge >= 0.3 is 0 Å². The standard InChI is InChI=1S/C19H22FNO/c1-12(13(2)22)14-3-5-15(6-4-14)17-9-10-21-19-8-7-16(20)11-18(17)19/h7-12,14-15,22H,2-6H2,1H3/t12-,14-,15+/m0/s1. The molecule has 2 nitrogen and oxygen atoms in total. The highest BCUT2D eigenvalue weighted by Crippen LogP contribution is 2.41. The molecule has 1 aromatic heterocycles. The molecule has 1 atom stereocenters. The van der Waals surface area contributed by atoms with Gasteiger partial charge in [0.25, 0.3) is 0 Å². The zero-order chi connectivity index (χ0) is 15.7. The van der Waals surface area contributed by atoms with Gasteiger partial charge in [-0.05, 0) is 67.3 Å². The zero-order valence-corrected chi connectivity index (χ0v) is 12.9. The van der Waals surface area contributed by atoms with Gasteiger partial charge in [-0.3, -0.25) is 4.98 Å². The molecule has 1 aliphatic rings. The fourth-order valence-corrected chi connectivity index (χ4v) is 3.70. The quantitative estimate of drug-likeness (QED) is 0.774.